The molecule has 1 fully saturated rings. The second kappa shape index (κ2) is 6.71. The van der Waals surface area contributed by atoms with E-state index in [1.54, 1.807) is 12.3 Å². The normalized spacial score (nSPS) is 16.0. The maximum absolute atomic E-state index is 13.6. The van der Waals surface area contributed by atoms with E-state index in [1.807, 2.05) is 12.1 Å². The number of rotatable bonds is 5. The van der Waals surface area contributed by atoms with Crippen molar-refractivity contribution in [3.63, 3.8) is 0 Å². The average molecular weight is 408 g/mol. The number of alkyl halides is 3. The van der Waals surface area contributed by atoms with Crippen LogP contribution in [-0.4, -0.2) is 45.5 Å². The van der Waals surface area contributed by atoms with Crippen LogP contribution in [0.15, 0.2) is 30.6 Å². The lowest BCUT2D eigenvalue weighted by Crippen LogP contribution is -2.22. The van der Waals surface area contributed by atoms with Crippen LogP contribution in [-0.2, 0) is 6.18 Å². The lowest BCUT2D eigenvalue weighted by Gasteiger charge is -2.14. The zero-order chi connectivity index (χ0) is 20.1. The molecule has 148 valence electrons. The molecule has 0 saturated heterocycles. The summed E-state index contributed by atoms with van der Waals surface area (Å²) in [5.41, 5.74) is -0.641. The summed E-state index contributed by atoms with van der Waals surface area (Å²) in [6, 6.07) is 5.64. The van der Waals surface area contributed by atoms with Crippen LogP contribution in [0.25, 0.3) is 22.2 Å². The molecule has 2 aromatic heterocycles. The third-order valence-corrected chi connectivity index (χ3v) is 6.26. The van der Waals surface area contributed by atoms with Crippen molar-refractivity contribution in [3.8, 4) is 11.3 Å². The van der Waals surface area contributed by atoms with Crippen molar-refractivity contribution in [2.75, 3.05) is 25.2 Å². The first-order chi connectivity index (χ1) is 13.2. The number of nitrogens with zero attached hydrogens (tertiary/aromatic N) is 2. The fraction of sp³-hybridized carbons (Fsp3) is 0.368. The van der Waals surface area contributed by atoms with Crippen LogP contribution in [0.4, 0.5) is 19.1 Å². The van der Waals surface area contributed by atoms with E-state index in [-0.39, 0.29) is 18.2 Å². The van der Waals surface area contributed by atoms with E-state index in [4.69, 9.17) is 0 Å². The highest BCUT2D eigenvalue weighted by Gasteiger charge is 2.40. The summed E-state index contributed by atoms with van der Waals surface area (Å²) in [7, 11) is -0.426. The van der Waals surface area contributed by atoms with Crippen molar-refractivity contribution in [1.29, 1.82) is 0 Å². The zero-order valence-electron chi connectivity index (χ0n) is 15.4. The second-order valence-electron chi connectivity index (χ2n) is 7.33. The minimum Gasteiger partial charge on any atom is -0.388 e. The number of benzene rings is 1. The van der Waals surface area contributed by atoms with Crippen LogP contribution in [0.1, 0.15) is 18.4 Å². The molecule has 28 heavy (non-hydrogen) atoms. The van der Waals surface area contributed by atoms with E-state index >= 15 is 0 Å². The standard InChI is InChI=1S/C19H20F3N4OP/c1-28(2)14-5-3-4-11-12(8-23-16(11)14)15-13(19(20,21)22)9-24-17(26-15)25-10-18(27)6-7-18/h3-5,8-9,23,27H,6-7,10H2,1-2H3,(H,24,25,26). The molecule has 9 heteroatoms. The minimum atomic E-state index is -4.58. The number of para-hydroxylation sites is 1. The van der Waals surface area contributed by atoms with Gasteiger partial charge in [-0.3, -0.25) is 0 Å². The number of hydrogen-bond acceptors (Lipinski definition) is 4. The first kappa shape index (κ1) is 19.2. The first-order valence-electron chi connectivity index (χ1n) is 8.86. The van der Waals surface area contributed by atoms with E-state index < -0.39 is 25.3 Å². The molecule has 0 amide bonds. The number of halogens is 3. The lowest BCUT2D eigenvalue weighted by atomic mass is 10.1. The maximum Gasteiger partial charge on any atom is 0.419 e. The van der Waals surface area contributed by atoms with Gasteiger partial charge in [-0.05, 0) is 31.5 Å². The Hall–Kier alpha value is -2.18. The molecule has 4 rings (SSSR count). The molecule has 3 N–H and O–H groups in total. The number of H-pyrrole nitrogens is 1. The summed E-state index contributed by atoms with van der Waals surface area (Å²) in [6.07, 6.45) is -0.878. The van der Waals surface area contributed by atoms with Crippen LogP contribution >= 0.6 is 7.92 Å². The second-order valence-corrected chi connectivity index (χ2v) is 9.60. The van der Waals surface area contributed by atoms with Gasteiger partial charge in [0.25, 0.3) is 0 Å². The van der Waals surface area contributed by atoms with Crippen molar-refractivity contribution < 1.29 is 18.3 Å². The van der Waals surface area contributed by atoms with Crippen molar-refractivity contribution in [3.05, 3.63) is 36.2 Å². The van der Waals surface area contributed by atoms with Crippen LogP contribution < -0.4 is 10.6 Å². The molecule has 0 bridgehead atoms. The monoisotopic (exact) mass is 408 g/mol. The largest absolute Gasteiger partial charge is 0.419 e. The number of aromatic nitrogens is 3. The summed E-state index contributed by atoms with van der Waals surface area (Å²) in [5.74, 6) is 0.0714. The Bertz CT molecular complexity index is 1030. The molecule has 3 aromatic rings. The van der Waals surface area contributed by atoms with Crippen LogP contribution in [0.2, 0.25) is 0 Å². The van der Waals surface area contributed by atoms with Gasteiger partial charge >= 0.3 is 6.18 Å². The molecule has 0 unspecified atom stereocenters. The van der Waals surface area contributed by atoms with E-state index in [2.05, 4.69) is 33.6 Å². The van der Waals surface area contributed by atoms with Gasteiger partial charge in [-0.15, -0.1) is 0 Å². The van der Waals surface area contributed by atoms with Crippen molar-refractivity contribution in [1.82, 2.24) is 15.0 Å². The average Bonchev–Trinajstić information content (AvgIpc) is 3.22. The van der Waals surface area contributed by atoms with Crippen molar-refractivity contribution in [2.45, 2.75) is 24.6 Å². The number of anilines is 1. The number of hydrogen-bond donors (Lipinski definition) is 3. The number of nitrogens with one attached hydrogen (secondary N) is 2. The van der Waals surface area contributed by atoms with Gasteiger partial charge in [-0.25, -0.2) is 9.97 Å². The smallest absolute Gasteiger partial charge is 0.388 e. The molecule has 0 atom stereocenters. The minimum absolute atomic E-state index is 0.0714. The fourth-order valence-corrected chi connectivity index (χ4v) is 4.17. The van der Waals surface area contributed by atoms with Gasteiger partial charge in [-0.1, -0.05) is 26.1 Å². The SMILES string of the molecule is CP(C)c1cccc2c(-c3nc(NCC4(O)CC4)ncc3C(F)(F)F)c[nH]c12. The highest BCUT2D eigenvalue weighted by atomic mass is 31.1. The van der Waals surface area contributed by atoms with Crippen LogP contribution in [0.3, 0.4) is 0 Å². The van der Waals surface area contributed by atoms with Gasteiger partial charge in [-0.2, -0.15) is 13.2 Å². The first-order valence-corrected chi connectivity index (χ1v) is 11.1. The summed E-state index contributed by atoms with van der Waals surface area (Å²) in [5, 5.41) is 14.6. The molecular formula is C19H20F3N4OP. The number of aromatic amines is 1. The van der Waals surface area contributed by atoms with Crippen LogP contribution in [0, 0.1) is 0 Å². The summed E-state index contributed by atoms with van der Waals surface area (Å²) < 4.78 is 40.9. The predicted octanol–water partition coefficient (Wildman–Crippen LogP) is 3.95. The molecule has 2 heterocycles. The Morgan fingerprint density at radius 3 is 2.68 bits per heavy atom. The molecule has 0 radical (unpaired) electrons. The topological polar surface area (TPSA) is 73.8 Å². The van der Waals surface area contributed by atoms with Gasteiger partial charge in [0, 0.05) is 29.9 Å². The molecular weight excluding hydrogens is 388 g/mol. The highest BCUT2D eigenvalue weighted by Crippen LogP contribution is 2.40. The Morgan fingerprint density at radius 1 is 1.29 bits per heavy atom. The fourth-order valence-electron chi connectivity index (χ4n) is 3.15. The molecule has 1 aliphatic rings. The Morgan fingerprint density at radius 2 is 2.04 bits per heavy atom. The Kier molecular flexibility index (Phi) is 4.59. The van der Waals surface area contributed by atoms with E-state index in [9.17, 15) is 18.3 Å². The van der Waals surface area contributed by atoms with E-state index in [1.165, 1.54) is 0 Å². The van der Waals surface area contributed by atoms with E-state index in [0.717, 1.165) is 17.0 Å². The molecule has 0 aliphatic heterocycles. The van der Waals surface area contributed by atoms with Gasteiger partial charge in [0.15, 0.2) is 0 Å². The molecule has 1 aliphatic carbocycles. The zero-order valence-corrected chi connectivity index (χ0v) is 16.3. The quantitative estimate of drug-likeness (QED) is 0.559. The van der Waals surface area contributed by atoms with Crippen LogP contribution in [0.5, 0.6) is 0 Å². The van der Waals surface area contributed by atoms with Gasteiger partial charge in [0.05, 0.1) is 16.8 Å². The van der Waals surface area contributed by atoms with Gasteiger partial charge < -0.3 is 15.4 Å². The Labute approximate surface area is 161 Å². The number of aliphatic hydroxyl groups is 1. The van der Waals surface area contributed by atoms with Crippen molar-refractivity contribution >= 4 is 30.1 Å². The molecule has 1 saturated carbocycles. The lowest BCUT2D eigenvalue weighted by molar-refractivity contribution is -0.137. The van der Waals surface area contributed by atoms with Gasteiger partial charge in [0.2, 0.25) is 5.95 Å². The summed E-state index contributed by atoms with van der Waals surface area (Å²) >= 11 is 0. The third kappa shape index (κ3) is 3.59. The van der Waals surface area contributed by atoms with E-state index in [0.29, 0.717) is 23.8 Å². The summed E-state index contributed by atoms with van der Waals surface area (Å²) in [4.78, 5) is 11.1. The molecule has 1 aromatic carbocycles. The predicted molar refractivity (Wildman–Crippen MR) is 105 cm³/mol. The summed E-state index contributed by atoms with van der Waals surface area (Å²) in [6.45, 7) is 4.41. The number of fused-ring (bicyclic) bond motifs is 1. The molecule has 0 spiro atoms. The molecule has 5 nitrogen and oxygen atoms in total. The van der Waals surface area contributed by atoms with Gasteiger partial charge in [0.1, 0.15) is 5.56 Å². The highest BCUT2D eigenvalue weighted by molar-refractivity contribution is 7.64. The maximum atomic E-state index is 13.6. The van der Waals surface area contributed by atoms with Crippen molar-refractivity contribution in [2.24, 2.45) is 0 Å². The third-order valence-electron chi connectivity index (χ3n) is 4.93. The Balaban J connectivity index is 1.82.